The van der Waals surface area contributed by atoms with Crippen LogP contribution in [0.2, 0.25) is 0 Å². The highest BCUT2D eigenvalue weighted by Crippen LogP contribution is 2.31. The zero-order chi connectivity index (χ0) is 30.8. The number of aromatic nitrogens is 2. The molecule has 5 rings (SSSR count). The van der Waals surface area contributed by atoms with Gasteiger partial charge in [-0.2, -0.15) is 5.10 Å². The number of nitrogens with zero attached hydrogens (tertiary/aromatic N) is 4. The number of hydrogen-bond donors (Lipinski definition) is 1. The molecule has 9 heteroatoms. The number of ether oxygens (including phenoxy) is 1. The van der Waals surface area contributed by atoms with Gasteiger partial charge in [-0.1, -0.05) is 0 Å². The minimum Gasteiger partial charge on any atom is -0.497 e. The molecule has 3 aromatic rings. The summed E-state index contributed by atoms with van der Waals surface area (Å²) in [6, 6.07) is -4.45. The van der Waals surface area contributed by atoms with Gasteiger partial charge in [0, 0.05) is 36.4 Å². The highest BCUT2D eigenvalue weighted by Gasteiger charge is 2.34. The summed E-state index contributed by atoms with van der Waals surface area (Å²) in [6.45, 7) is 0.0482. The van der Waals surface area contributed by atoms with Gasteiger partial charge >= 0.3 is 0 Å². The normalized spacial score (nSPS) is 19.2. The van der Waals surface area contributed by atoms with Crippen molar-refractivity contribution in [3.8, 4) is 11.4 Å². The monoisotopic (exact) mass is 467 g/mol. The third kappa shape index (κ3) is 3.68. The molecule has 34 heavy (non-hydrogen) atoms. The molecule has 1 fully saturated rings. The Labute approximate surface area is 207 Å². The fourth-order valence-electron chi connectivity index (χ4n) is 4.05. The Kier molecular flexibility index (Phi) is 3.62. The minimum absolute atomic E-state index is 0.0659. The van der Waals surface area contributed by atoms with Crippen molar-refractivity contribution in [2.24, 2.45) is 5.73 Å². The van der Waals surface area contributed by atoms with Crippen molar-refractivity contribution < 1.29 is 30.1 Å². The molecule has 0 spiro atoms. The van der Waals surface area contributed by atoms with Gasteiger partial charge < -0.3 is 20.3 Å². The van der Waals surface area contributed by atoms with E-state index in [1.54, 1.807) is 0 Å². The Morgan fingerprint density at radius 1 is 0.941 bits per heavy atom. The van der Waals surface area contributed by atoms with Crippen LogP contribution >= 0.6 is 0 Å². The number of carbonyl (C=O) groups is 3. The van der Waals surface area contributed by atoms with Gasteiger partial charge in [-0.05, 0) is 67.6 Å². The number of carbonyl (C=O) groups excluding carboxylic acids is 3. The molecule has 174 valence electrons. The third-order valence-corrected chi connectivity index (χ3v) is 5.72. The average molecular weight is 468 g/mol. The van der Waals surface area contributed by atoms with Crippen LogP contribution in [-0.4, -0.2) is 47.7 Å². The minimum atomic E-state index is -1.00. The Morgan fingerprint density at radius 3 is 2.21 bits per heavy atom. The van der Waals surface area contributed by atoms with E-state index in [2.05, 4.69) is 5.10 Å². The quantitative estimate of drug-likeness (QED) is 0.620. The van der Waals surface area contributed by atoms with E-state index in [0.717, 1.165) is 9.58 Å². The molecule has 0 saturated carbocycles. The van der Waals surface area contributed by atoms with Gasteiger partial charge in [-0.15, -0.1) is 0 Å². The second kappa shape index (κ2) is 8.66. The summed E-state index contributed by atoms with van der Waals surface area (Å²) in [5.41, 5.74) is 3.93. The van der Waals surface area contributed by atoms with Crippen molar-refractivity contribution in [2.75, 3.05) is 30.0 Å². The van der Waals surface area contributed by atoms with Crippen LogP contribution in [0.3, 0.4) is 0 Å². The summed E-state index contributed by atoms with van der Waals surface area (Å²) in [5.74, 6) is -2.59. The van der Waals surface area contributed by atoms with Crippen LogP contribution < -0.4 is 20.3 Å². The van der Waals surface area contributed by atoms with Gasteiger partial charge in [-0.25, -0.2) is 4.68 Å². The molecular formula is C25H25N5O4. The molecule has 0 unspecified atom stereocenters. The number of rotatable bonds is 5. The van der Waals surface area contributed by atoms with E-state index in [9.17, 15) is 14.4 Å². The molecule has 0 radical (unpaired) electrons. The van der Waals surface area contributed by atoms with Crippen molar-refractivity contribution in [3.63, 3.8) is 0 Å². The van der Waals surface area contributed by atoms with Crippen LogP contribution in [0.5, 0.6) is 5.75 Å². The SMILES string of the molecule is [2H]c1c([2H])c(-n2nc(C(N)=O)c3c2C(=O)N(c2c([2H])c([2H])c(N4CCCCC4=O)c([2H])c2[2H])CC3)c([2H])c([2H])c1OC. The van der Waals surface area contributed by atoms with E-state index in [1.807, 2.05) is 0 Å². The van der Waals surface area contributed by atoms with Gasteiger partial charge in [0.15, 0.2) is 5.69 Å². The molecule has 0 aliphatic carbocycles. The Morgan fingerprint density at radius 2 is 1.59 bits per heavy atom. The van der Waals surface area contributed by atoms with Crippen molar-refractivity contribution in [1.82, 2.24) is 9.78 Å². The standard InChI is InChI=1S/C25H25N5O4/c1-34-19-11-9-18(10-12-19)30-23-20(22(27-30)24(26)32)13-15-29(25(23)33)17-7-5-16(6-8-17)28-14-3-2-4-21(28)31/h5-12H,2-4,13-15H2,1H3,(H2,26,32)/i5D,6D,7D,8D,9D,10D,11D,12D. The molecule has 3 heterocycles. The molecular weight excluding hydrogens is 434 g/mol. The van der Waals surface area contributed by atoms with E-state index >= 15 is 0 Å². The van der Waals surface area contributed by atoms with Crippen molar-refractivity contribution in [2.45, 2.75) is 25.7 Å². The molecule has 3 amide bonds. The van der Waals surface area contributed by atoms with Gasteiger partial charge in [-0.3, -0.25) is 14.4 Å². The van der Waals surface area contributed by atoms with E-state index < -0.39 is 65.8 Å². The molecule has 2 aliphatic rings. The summed E-state index contributed by atoms with van der Waals surface area (Å²) < 4.78 is 73.8. The highest BCUT2D eigenvalue weighted by atomic mass is 16.5. The molecule has 2 N–H and O–H groups in total. The van der Waals surface area contributed by atoms with Crippen LogP contribution in [0.25, 0.3) is 5.69 Å². The maximum absolute atomic E-state index is 14.0. The van der Waals surface area contributed by atoms with Gasteiger partial charge in [0.2, 0.25) is 5.91 Å². The lowest BCUT2D eigenvalue weighted by Gasteiger charge is -2.29. The molecule has 1 saturated heterocycles. The number of piperidine rings is 1. The van der Waals surface area contributed by atoms with E-state index in [0.29, 0.717) is 12.8 Å². The van der Waals surface area contributed by atoms with Crippen LogP contribution in [-0.2, 0) is 11.2 Å². The summed E-state index contributed by atoms with van der Waals surface area (Å²) >= 11 is 0. The second-order valence-corrected chi connectivity index (χ2v) is 7.74. The predicted octanol–water partition coefficient (Wildman–Crippen LogP) is 2.70. The number of fused-ring (bicyclic) bond motifs is 1. The maximum atomic E-state index is 14.0. The summed E-state index contributed by atoms with van der Waals surface area (Å²) in [4.78, 5) is 41.1. The highest BCUT2D eigenvalue weighted by molar-refractivity contribution is 6.09. The van der Waals surface area contributed by atoms with Crippen LogP contribution in [0.15, 0.2) is 48.3 Å². The van der Waals surface area contributed by atoms with Gasteiger partial charge in [0.1, 0.15) is 11.4 Å². The zero-order valence-corrected chi connectivity index (χ0v) is 18.2. The first-order valence-corrected chi connectivity index (χ1v) is 10.6. The van der Waals surface area contributed by atoms with Gasteiger partial charge in [0.25, 0.3) is 11.8 Å². The number of anilines is 2. The number of amides is 3. The van der Waals surface area contributed by atoms with Crippen molar-refractivity contribution >= 4 is 29.1 Å². The summed E-state index contributed by atoms with van der Waals surface area (Å²) in [7, 11) is 1.18. The average Bonchev–Trinajstić information content (AvgIpc) is 3.34. The number of methoxy groups -OCH3 is 1. The fourth-order valence-corrected chi connectivity index (χ4v) is 4.05. The molecule has 9 nitrogen and oxygen atoms in total. The summed E-state index contributed by atoms with van der Waals surface area (Å²) in [5, 5.41) is 4.10. The van der Waals surface area contributed by atoms with Crippen LogP contribution in [0, 0.1) is 0 Å². The Balaban J connectivity index is 1.71. The van der Waals surface area contributed by atoms with Crippen LogP contribution in [0.4, 0.5) is 11.4 Å². The number of hydrogen-bond acceptors (Lipinski definition) is 5. The number of nitrogens with two attached hydrogens (primary N) is 1. The molecule has 1 aromatic heterocycles. The Hall–Kier alpha value is -4.14. The molecule has 2 aliphatic heterocycles. The van der Waals surface area contributed by atoms with E-state index in [4.69, 9.17) is 21.4 Å². The molecule has 0 atom stereocenters. The second-order valence-electron chi connectivity index (χ2n) is 7.74. The van der Waals surface area contributed by atoms with E-state index in [-0.39, 0.29) is 65.9 Å². The predicted molar refractivity (Wildman–Crippen MR) is 127 cm³/mol. The lowest BCUT2D eigenvalue weighted by molar-refractivity contribution is -0.119. The first-order chi connectivity index (χ1) is 19.8. The first-order valence-electron chi connectivity index (χ1n) is 14.6. The van der Waals surface area contributed by atoms with Crippen molar-refractivity contribution in [1.29, 1.82) is 0 Å². The lowest BCUT2D eigenvalue weighted by Crippen LogP contribution is -2.39. The van der Waals surface area contributed by atoms with Crippen molar-refractivity contribution in [3.05, 3.63) is 65.3 Å². The number of benzene rings is 2. The molecule has 2 aromatic carbocycles. The topological polar surface area (TPSA) is 111 Å². The van der Waals surface area contributed by atoms with E-state index in [1.165, 1.54) is 12.0 Å². The zero-order valence-electron chi connectivity index (χ0n) is 26.2. The first kappa shape index (κ1) is 14.2. The largest absolute Gasteiger partial charge is 0.497 e. The maximum Gasteiger partial charge on any atom is 0.277 e. The van der Waals surface area contributed by atoms with Crippen LogP contribution in [0.1, 0.15) is 56.8 Å². The lowest BCUT2D eigenvalue weighted by atomic mass is 10.0. The Bertz CT molecular complexity index is 1650. The third-order valence-electron chi connectivity index (χ3n) is 5.72. The smallest absolute Gasteiger partial charge is 0.277 e. The molecule has 0 bridgehead atoms. The number of primary amides is 1. The van der Waals surface area contributed by atoms with Gasteiger partial charge in [0.05, 0.1) is 23.8 Å². The fraction of sp³-hybridized carbons (Fsp3) is 0.280. The summed E-state index contributed by atoms with van der Waals surface area (Å²) in [6.07, 6.45) is 1.43.